The number of benzene rings is 1. The Morgan fingerprint density at radius 1 is 1.07 bits per heavy atom. The van der Waals surface area contributed by atoms with Crippen LogP contribution in [0.3, 0.4) is 0 Å². The van der Waals surface area contributed by atoms with E-state index in [2.05, 4.69) is 20.5 Å². The Hall–Kier alpha value is -2.84. The van der Waals surface area contributed by atoms with Crippen LogP contribution in [0, 0.1) is 5.82 Å². The average Bonchev–Trinajstić information content (AvgIpc) is 2.74. The molecule has 0 saturated carbocycles. The van der Waals surface area contributed by atoms with E-state index in [1.165, 1.54) is 24.4 Å². The molecule has 0 atom stereocenters. The number of aromatic nitrogens is 1. The molecular formula is C20H23FN4O3. The average molecular weight is 386 g/mol. The molecule has 1 aliphatic rings. The van der Waals surface area contributed by atoms with Gasteiger partial charge in [0.2, 0.25) is 0 Å². The Balaban J connectivity index is 1.49. The molecule has 1 aromatic carbocycles. The van der Waals surface area contributed by atoms with Crippen LogP contribution in [0.4, 0.5) is 4.39 Å². The summed E-state index contributed by atoms with van der Waals surface area (Å²) in [7, 11) is 0. The smallest absolute Gasteiger partial charge is 0.269 e. The third-order valence-electron chi connectivity index (χ3n) is 4.44. The van der Waals surface area contributed by atoms with Gasteiger partial charge in [0.15, 0.2) is 0 Å². The van der Waals surface area contributed by atoms with E-state index in [4.69, 9.17) is 4.74 Å². The summed E-state index contributed by atoms with van der Waals surface area (Å²) in [4.78, 5) is 30.9. The predicted molar refractivity (Wildman–Crippen MR) is 101 cm³/mol. The number of hydrogen-bond donors (Lipinski definition) is 2. The van der Waals surface area contributed by atoms with E-state index in [-0.39, 0.29) is 29.9 Å². The second-order valence-electron chi connectivity index (χ2n) is 6.45. The topological polar surface area (TPSA) is 83.6 Å². The lowest BCUT2D eigenvalue weighted by molar-refractivity contribution is 0.0383. The number of hydrogen-bond acceptors (Lipinski definition) is 5. The van der Waals surface area contributed by atoms with E-state index in [9.17, 15) is 14.0 Å². The molecule has 1 aliphatic heterocycles. The first kappa shape index (κ1) is 19.9. The van der Waals surface area contributed by atoms with Crippen molar-refractivity contribution in [2.24, 2.45) is 0 Å². The SMILES string of the molecule is O=C(NCc1ccc(F)cc1)c1ccnc(C(=O)NCCN2CCOCC2)c1. The quantitative estimate of drug-likeness (QED) is 0.748. The Morgan fingerprint density at radius 3 is 2.57 bits per heavy atom. The molecule has 2 heterocycles. The number of morpholine rings is 1. The van der Waals surface area contributed by atoms with Crippen LogP contribution in [-0.4, -0.2) is 61.1 Å². The number of amides is 2. The molecule has 0 radical (unpaired) electrons. The van der Waals surface area contributed by atoms with Crippen molar-refractivity contribution in [1.82, 2.24) is 20.5 Å². The summed E-state index contributed by atoms with van der Waals surface area (Å²) in [6.07, 6.45) is 1.43. The Labute approximate surface area is 162 Å². The minimum atomic E-state index is -0.325. The Bertz CT molecular complexity index is 807. The lowest BCUT2D eigenvalue weighted by Crippen LogP contribution is -2.41. The number of rotatable bonds is 7. The van der Waals surface area contributed by atoms with Crippen LogP contribution in [0.2, 0.25) is 0 Å². The number of ether oxygens (including phenoxy) is 1. The van der Waals surface area contributed by atoms with E-state index < -0.39 is 0 Å². The van der Waals surface area contributed by atoms with Crippen molar-refractivity contribution in [3.05, 3.63) is 65.2 Å². The molecule has 2 N–H and O–H groups in total. The maximum Gasteiger partial charge on any atom is 0.269 e. The molecular weight excluding hydrogens is 363 g/mol. The summed E-state index contributed by atoms with van der Waals surface area (Å²) < 4.78 is 18.2. The Kier molecular flexibility index (Phi) is 7.05. The van der Waals surface area contributed by atoms with Gasteiger partial charge in [-0.05, 0) is 29.8 Å². The highest BCUT2D eigenvalue weighted by Crippen LogP contribution is 2.05. The molecule has 0 aliphatic carbocycles. The molecule has 148 valence electrons. The van der Waals surface area contributed by atoms with Crippen molar-refractivity contribution in [2.75, 3.05) is 39.4 Å². The van der Waals surface area contributed by atoms with Gasteiger partial charge in [-0.15, -0.1) is 0 Å². The lowest BCUT2D eigenvalue weighted by Gasteiger charge is -2.26. The minimum absolute atomic E-state index is 0.191. The fourth-order valence-electron chi connectivity index (χ4n) is 2.83. The summed E-state index contributed by atoms with van der Waals surface area (Å²) in [6.45, 7) is 4.65. The summed E-state index contributed by atoms with van der Waals surface area (Å²) in [5.74, 6) is -0.968. The largest absolute Gasteiger partial charge is 0.379 e. The van der Waals surface area contributed by atoms with E-state index in [0.29, 0.717) is 25.3 Å². The molecule has 1 fully saturated rings. The molecule has 0 bridgehead atoms. The van der Waals surface area contributed by atoms with Crippen LogP contribution in [0.5, 0.6) is 0 Å². The molecule has 7 nitrogen and oxygen atoms in total. The normalized spacial score (nSPS) is 14.5. The molecule has 1 saturated heterocycles. The van der Waals surface area contributed by atoms with Crippen LogP contribution >= 0.6 is 0 Å². The fraction of sp³-hybridized carbons (Fsp3) is 0.350. The lowest BCUT2D eigenvalue weighted by atomic mass is 10.2. The summed E-state index contributed by atoms with van der Waals surface area (Å²) >= 11 is 0. The molecule has 0 unspecified atom stereocenters. The van der Waals surface area contributed by atoms with Crippen LogP contribution in [-0.2, 0) is 11.3 Å². The summed E-state index contributed by atoms with van der Waals surface area (Å²) in [5, 5.41) is 5.57. The first-order chi connectivity index (χ1) is 13.6. The van der Waals surface area contributed by atoms with Crippen molar-refractivity contribution < 1.29 is 18.7 Å². The number of nitrogens with zero attached hydrogens (tertiary/aromatic N) is 2. The molecule has 28 heavy (non-hydrogen) atoms. The first-order valence-electron chi connectivity index (χ1n) is 9.19. The highest BCUT2D eigenvalue weighted by molar-refractivity contribution is 5.98. The second-order valence-corrected chi connectivity index (χ2v) is 6.45. The Morgan fingerprint density at radius 2 is 1.82 bits per heavy atom. The van der Waals surface area contributed by atoms with Gasteiger partial charge in [0, 0.05) is 44.5 Å². The number of nitrogens with one attached hydrogen (secondary N) is 2. The number of carbonyl (C=O) groups is 2. The zero-order valence-corrected chi connectivity index (χ0v) is 15.5. The van der Waals surface area contributed by atoms with Crippen molar-refractivity contribution >= 4 is 11.8 Å². The van der Waals surface area contributed by atoms with Gasteiger partial charge in [0.05, 0.1) is 13.2 Å². The molecule has 8 heteroatoms. The highest BCUT2D eigenvalue weighted by atomic mass is 19.1. The van der Waals surface area contributed by atoms with Gasteiger partial charge >= 0.3 is 0 Å². The fourth-order valence-corrected chi connectivity index (χ4v) is 2.83. The monoisotopic (exact) mass is 386 g/mol. The van der Waals surface area contributed by atoms with Gasteiger partial charge in [-0.3, -0.25) is 19.5 Å². The minimum Gasteiger partial charge on any atom is -0.379 e. The van der Waals surface area contributed by atoms with E-state index in [0.717, 1.165) is 25.2 Å². The number of pyridine rings is 1. The maximum absolute atomic E-state index is 12.9. The van der Waals surface area contributed by atoms with Crippen LogP contribution < -0.4 is 10.6 Å². The van der Waals surface area contributed by atoms with Gasteiger partial charge in [-0.2, -0.15) is 0 Å². The first-order valence-corrected chi connectivity index (χ1v) is 9.19. The van der Waals surface area contributed by atoms with Crippen LogP contribution in [0.1, 0.15) is 26.4 Å². The predicted octanol–water partition coefficient (Wildman–Crippen LogP) is 1.21. The molecule has 2 amide bonds. The van der Waals surface area contributed by atoms with Gasteiger partial charge < -0.3 is 15.4 Å². The van der Waals surface area contributed by atoms with Crippen molar-refractivity contribution in [3.8, 4) is 0 Å². The number of carbonyl (C=O) groups excluding carboxylic acids is 2. The van der Waals surface area contributed by atoms with E-state index in [1.807, 2.05) is 0 Å². The number of halogens is 1. The summed E-state index contributed by atoms with van der Waals surface area (Å²) in [6, 6.07) is 8.90. The summed E-state index contributed by atoms with van der Waals surface area (Å²) in [5.41, 5.74) is 1.32. The van der Waals surface area contributed by atoms with Gasteiger partial charge in [-0.25, -0.2) is 4.39 Å². The van der Waals surface area contributed by atoms with E-state index in [1.54, 1.807) is 18.2 Å². The molecule has 0 spiro atoms. The second kappa shape index (κ2) is 9.91. The molecule has 3 rings (SSSR count). The third-order valence-corrected chi connectivity index (χ3v) is 4.44. The zero-order chi connectivity index (χ0) is 19.8. The van der Waals surface area contributed by atoms with Crippen molar-refractivity contribution in [2.45, 2.75) is 6.54 Å². The van der Waals surface area contributed by atoms with E-state index >= 15 is 0 Å². The highest BCUT2D eigenvalue weighted by Gasteiger charge is 2.13. The van der Waals surface area contributed by atoms with Crippen molar-refractivity contribution in [3.63, 3.8) is 0 Å². The van der Waals surface area contributed by atoms with Gasteiger partial charge in [-0.1, -0.05) is 12.1 Å². The van der Waals surface area contributed by atoms with Gasteiger partial charge in [0.1, 0.15) is 11.5 Å². The van der Waals surface area contributed by atoms with Gasteiger partial charge in [0.25, 0.3) is 11.8 Å². The zero-order valence-electron chi connectivity index (χ0n) is 15.5. The van der Waals surface area contributed by atoms with Crippen LogP contribution in [0.15, 0.2) is 42.6 Å². The molecule has 1 aromatic heterocycles. The third kappa shape index (κ3) is 5.83. The van der Waals surface area contributed by atoms with Crippen LogP contribution in [0.25, 0.3) is 0 Å². The standard InChI is InChI=1S/C20H23FN4O3/c21-17-3-1-15(2-4-17)14-24-19(26)16-5-6-22-18(13-16)20(27)23-7-8-25-9-11-28-12-10-25/h1-6,13H,7-12,14H2,(H,23,27)(H,24,26). The maximum atomic E-state index is 12.9. The van der Waals surface area contributed by atoms with Crippen molar-refractivity contribution in [1.29, 1.82) is 0 Å². The molecule has 2 aromatic rings.